The Kier molecular flexibility index (Phi) is 9.14. The summed E-state index contributed by atoms with van der Waals surface area (Å²) in [7, 11) is 0. The van der Waals surface area contributed by atoms with Gasteiger partial charge in [-0.05, 0) is 43.9 Å². The minimum absolute atomic E-state index is 0.595. The van der Waals surface area contributed by atoms with E-state index in [1.165, 1.54) is 25.7 Å². The predicted molar refractivity (Wildman–Crippen MR) is 87.3 cm³/mol. The van der Waals surface area contributed by atoms with Gasteiger partial charge < -0.3 is 10.1 Å². The van der Waals surface area contributed by atoms with Crippen molar-refractivity contribution in [3.8, 4) is 5.75 Å². The van der Waals surface area contributed by atoms with Gasteiger partial charge in [0.25, 0.3) is 0 Å². The maximum absolute atomic E-state index is 5.80. The number of para-hydroxylation sites is 1. The molecule has 0 spiro atoms. The molecule has 1 rings (SSSR count). The zero-order chi connectivity index (χ0) is 14.6. The van der Waals surface area contributed by atoms with Gasteiger partial charge in [0, 0.05) is 6.04 Å². The van der Waals surface area contributed by atoms with Crippen LogP contribution in [0, 0.1) is 5.92 Å². The molecule has 1 atom stereocenters. The molecule has 1 unspecified atom stereocenters. The molecule has 0 aliphatic carbocycles. The van der Waals surface area contributed by atoms with E-state index in [4.69, 9.17) is 4.74 Å². The Bertz CT molecular complexity index is 323. The third-order valence-electron chi connectivity index (χ3n) is 3.50. The molecule has 0 bridgehead atoms. The lowest BCUT2D eigenvalue weighted by molar-refractivity contribution is 0.277. The fraction of sp³-hybridized carbons (Fsp3) is 0.667. The summed E-state index contributed by atoms with van der Waals surface area (Å²) >= 11 is 0. The minimum Gasteiger partial charge on any atom is -0.494 e. The maximum atomic E-state index is 5.80. The molecule has 0 saturated carbocycles. The molecular formula is C18H31NO. The second-order valence-corrected chi connectivity index (χ2v) is 5.93. The van der Waals surface area contributed by atoms with E-state index in [2.05, 4.69) is 26.1 Å². The smallest absolute Gasteiger partial charge is 0.119 e. The highest BCUT2D eigenvalue weighted by Gasteiger charge is 2.08. The fourth-order valence-electron chi connectivity index (χ4n) is 2.31. The molecule has 2 nitrogen and oxygen atoms in total. The summed E-state index contributed by atoms with van der Waals surface area (Å²) in [5.74, 6) is 1.78. The predicted octanol–water partition coefficient (Wildman–Crippen LogP) is 4.65. The molecular weight excluding hydrogens is 246 g/mol. The second-order valence-electron chi connectivity index (χ2n) is 5.93. The van der Waals surface area contributed by atoms with Gasteiger partial charge >= 0.3 is 0 Å². The molecule has 0 amide bonds. The number of hydrogen-bond donors (Lipinski definition) is 1. The van der Waals surface area contributed by atoms with Crippen LogP contribution < -0.4 is 10.1 Å². The number of nitrogens with one attached hydrogen (secondary N) is 1. The molecule has 2 heteroatoms. The molecule has 20 heavy (non-hydrogen) atoms. The second kappa shape index (κ2) is 10.7. The summed E-state index contributed by atoms with van der Waals surface area (Å²) < 4.78 is 5.80. The number of ether oxygens (including phenoxy) is 1. The molecule has 0 aromatic heterocycles. The molecule has 114 valence electrons. The Morgan fingerprint density at radius 3 is 2.45 bits per heavy atom. The summed E-state index contributed by atoms with van der Waals surface area (Å²) in [5.41, 5.74) is 0. The monoisotopic (exact) mass is 277 g/mol. The number of hydrogen-bond acceptors (Lipinski definition) is 2. The van der Waals surface area contributed by atoms with Gasteiger partial charge in [0.05, 0.1) is 6.61 Å². The first-order valence-electron chi connectivity index (χ1n) is 8.13. The highest BCUT2D eigenvalue weighted by Crippen LogP contribution is 2.12. The van der Waals surface area contributed by atoms with Crippen molar-refractivity contribution < 1.29 is 4.74 Å². The topological polar surface area (TPSA) is 21.3 Å². The van der Waals surface area contributed by atoms with E-state index in [0.717, 1.165) is 31.2 Å². The van der Waals surface area contributed by atoms with Crippen molar-refractivity contribution in [2.75, 3.05) is 13.2 Å². The van der Waals surface area contributed by atoms with E-state index in [1.807, 2.05) is 30.3 Å². The van der Waals surface area contributed by atoms with E-state index in [-0.39, 0.29) is 0 Å². The average Bonchev–Trinajstić information content (AvgIpc) is 2.45. The van der Waals surface area contributed by atoms with Gasteiger partial charge in [-0.25, -0.2) is 0 Å². The Balaban J connectivity index is 2.24. The first kappa shape index (κ1) is 17.0. The zero-order valence-electron chi connectivity index (χ0n) is 13.4. The van der Waals surface area contributed by atoms with Gasteiger partial charge in [-0.15, -0.1) is 0 Å². The van der Waals surface area contributed by atoms with Gasteiger partial charge in [-0.2, -0.15) is 0 Å². The van der Waals surface area contributed by atoms with Crippen molar-refractivity contribution >= 4 is 0 Å². The SMILES string of the molecule is CCCNC(CCCC(C)C)CCOc1ccccc1. The Morgan fingerprint density at radius 2 is 1.80 bits per heavy atom. The minimum atomic E-state index is 0.595. The van der Waals surface area contributed by atoms with Crippen molar-refractivity contribution in [2.24, 2.45) is 5.92 Å². The Labute approximate surface area is 124 Å². The molecule has 0 aliphatic heterocycles. The van der Waals surface area contributed by atoms with Crippen molar-refractivity contribution in [3.05, 3.63) is 30.3 Å². The quantitative estimate of drug-likeness (QED) is 0.635. The van der Waals surface area contributed by atoms with Crippen LogP contribution in [0.1, 0.15) is 52.9 Å². The van der Waals surface area contributed by atoms with Crippen LogP contribution >= 0.6 is 0 Å². The summed E-state index contributed by atoms with van der Waals surface area (Å²) in [5, 5.41) is 3.65. The van der Waals surface area contributed by atoms with Crippen LogP contribution in [0.4, 0.5) is 0 Å². The lowest BCUT2D eigenvalue weighted by Gasteiger charge is -2.19. The van der Waals surface area contributed by atoms with Crippen LogP contribution in [0.3, 0.4) is 0 Å². The zero-order valence-corrected chi connectivity index (χ0v) is 13.4. The van der Waals surface area contributed by atoms with Crippen molar-refractivity contribution in [1.29, 1.82) is 0 Å². The Morgan fingerprint density at radius 1 is 1.05 bits per heavy atom. The van der Waals surface area contributed by atoms with Crippen LogP contribution in [-0.4, -0.2) is 19.2 Å². The van der Waals surface area contributed by atoms with Gasteiger partial charge in [0.1, 0.15) is 5.75 Å². The third-order valence-corrected chi connectivity index (χ3v) is 3.50. The van der Waals surface area contributed by atoms with E-state index >= 15 is 0 Å². The van der Waals surface area contributed by atoms with Crippen LogP contribution in [0.2, 0.25) is 0 Å². The first-order chi connectivity index (χ1) is 9.72. The fourth-order valence-corrected chi connectivity index (χ4v) is 2.31. The molecule has 0 saturated heterocycles. The summed E-state index contributed by atoms with van der Waals surface area (Å²) in [6.45, 7) is 8.73. The molecule has 0 radical (unpaired) electrons. The first-order valence-corrected chi connectivity index (χ1v) is 8.13. The van der Waals surface area contributed by atoms with Gasteiger partial charge in [-0.1, -0.05) is 51.8 Å². The van der Waals surface area contributed by atoms with Crippen molar-refractivity contribution in [3.63, 3.8) is 0 Å². The van der Waals surface area contributed by atoms with E-state index in [1.54, 1.807) is 0 Å². The van der Waals surface area contributed by atoms with Crippen molar-refractivity contribution in [1.82, 2.24) is 5.32 Å². The van der Waals surface area contributed by atoms with E-state index < -0.39 is 0 Å². The maximum Gasteiger partial charge on any atom is 0.119 e. The highest BCUT2D eigenvalue weighted by molar-refractivity contribution is 5.20. The lowest BCUT2D eigenvalue weighted by Crippen LogP contribution is -2.31. The van der Waals surface area contributed by atoms with Crippen LogP contribution in [0.5, 0.6) is 5.75 Å². The normalized spacial score (nSPS) is 12.6. The van der Waals surface area contributed by atoms with Gasteiger partial charge in [0.15, 0.2) is 0 Å². The van der Waals surface area contributed by atoms with E-state index in [0.29, 0.717) is 6.04 Å². The summed E-state index contributed by atoms with van der Waals surface area (Å²) in [6, 6.07) is 10.7. The number of benzene rings is 1. The van der Waals surface area contributed by atoms with Gasteiger partial charge in [-0.3, -0.25) is 0 Å². The average molecular weight is 277 g/mol. The van der Waals surface area contributed by atoms with Crippen LogP contribution in [0.25, 0.3) is 0 Å². The van der Waals surface area contributed by atoms with E-state index in [9.17, 15) is 0 Å². The van der Waals surface area contributed by atoms with Crippen LogP contribution in [-0.2, 0) is 0 Å². The molecule has 0 fully saturated rings. The molecule has 1 N–H and O–H groups in total. The lowest BCUT2D eigenvalue weighted by atomic mass is 10.0. The largest absolute Gasteiger partial charge is 0.494 e. The summed E-state index contributed by atoms with van der Waals surface area (Å²) in [6.07, 6.45) is 6.18. The molecule has 0 heterocycles. The third kappa shape index (κ3) is 8.21. The highest BCUT2D eigenvalue weighted by atomic mass is 16.5. The number of rotatable bonds is 11. The summed E-state index contributed by atoms with van der Waals surface area (Å²) in [4.78, 5) is 0. The van der Waals surface area contributed by atoms with Crippen LogP contribution in [0.15, 0.2) is 30.3 Å². The van der Waals surface area contributed by atoms with Crippen molar-refractivity contribution in [2.45, 2.75) is 58.9 Å². The molecule has 1 aromatic carbocycles. The standard InChI is InChI=1S/C18H31NO/c1-4-14-19-17(10-8-9-16(2)3)13-15-20-18-11-6-5-7-12-18/h5-7,11-12,16-17,19H,4,8-10,13-15H2,1-3H3. The Hall–Kier alpha value is -1.02. The molecule has 1 aromatic rings. The molecule has 0 aliphatic rings. The van der Waals surface area contributed by atoms with Gasteiger partial charge in [0.2, 0.25) is 0 Å².